The summed E-state index contributed by atoms with van der Waals surface area (Å²) in [6.07, 6.45) is 2.42. The molecule has 3 nitrogen and oxygen atoms in total. The van der Waals surface area contributed by atoms with Gasteiger partial charge in [-0.15, -0.1) is 0 Å². The predicted octanol–water partition coefficient (Wildman–Crippen LogP) is 1.51. The minimum absolute atomic E-state index is 0.262. The zero-order chi connectivity index (χ0) is 10.7. The molecule has 0 fully saturated rings. The molecule has 0 saturated heterocycles. The number of benzene rings is 1. The monoisotopic (exact) mass is 205 g/mol. The molecular weight excluding hydrogens is 193 g/mol. The van der Waals surface area contributed by atoms with Crippen LogP contribution in [0.15, 0.2) is 36.5 Å². The van der Waals surface area contributed by atoms with Crippen LogP contribution in [0.1, 0.15) is 5.69 Å². The summed E-state index contributed by atoms with van der Waals surface area (Å²) in [5.74, 6) is -0.262. The zero-order valence-corrected chi connectivity index (χ0v) is 8.23. The molecule has 1 aromatic heterocycles. The van der Waals surface area contributed by atoms with E-state index in [1.54, 1.807) is 16.9 Å². The topological polar surface area (TPSA) is 43.8 Å². The van der Waals surface area contributed by atoms with Crippen LogP contribution in [0.4, 0.5) is 4.39 Å². The lowest BCUT2D eigenvalue weighted by Crippen LogP contribution is -2.08. The van der Waals surface area contributed by atoms with Gasteiger partial charge in [0, 0.05) is 18.3 Å². The van der Waals surface area contributed by atoms with E-state index in [1.807, 2.05) is 12.1 Å². The van der Waals surface area contributed by atoms with E-state index in [9.17, 15) is 4.39 Å². The molecule has 0 spiro atoms. The summed E-state index contributed by atoms with van der Waals surface area (Å²) in [7, 11) is 0. The highest BCUT2D eigenvalue weighted by atomic mass is 19.1. The quantitative estimate of drug-likeness (QED) is 0.825. The highest BCUT2D eigenvalue weighted by molar-refractivity contribution is 5.33. The second kappa shape index (κ2) is 4.23. The van der Waals surface area contributed by atoms with E-state index in [4.69, 9.17) is 5.73 Å². The van der Waals surface area contributed by atoms with Gasteiger partial charge < -0.3 is 5.73 Å². The van der Waals surface area contributed by atoms with Gasteiger partial charge in [-0.3, -0.25) is 0 Å². The SMILES string of the molecule is NCCc1ccnn1-c1cccc(F)c1. The Morgan fingerprint density at radius 3 is 2.93 bits per heavy atom. The van der Waals surface area contributed by atoms with E-state index in [0.29, 0.717) is 6.54 Å². The van der Waals surface area contributed by atoms with E-state index in [0.717, 1.165) is 17.8 Å². The van der Waals surface area contributed by atoms with E-state index in [1.165, 1.54) is 12.1 Å². The van der Waals surface area contributed by atoms with Crippen LogP contribution in [-0.4, -0.2) is 16.3 Å². The Morgan fingerprint density at radius 2 is 2.20 bits per heavy atom. The number of aromatic nitrogens is 2. The standard InChI is InChI=1S/C11H12FN3/c12-9-2-1-3-11(8-9)15-10(4-6-13)5-7-14-15/h1-3,5,7-8H,4,6,13H2. The molecule has 1 aromatic carbocycles. The van der Waals surface area contributed by atoms with E-state index in [-0.39, 0.29) is 5.82 Å². The number of rotatable bonds is 3. The molecule has 2 N–H and O–H groups in total. The molecule has 0 saturated carbocycles. The van der Waals surface area contributed by atoms with Crippen LogP contribution in [0.2, 0.25) is 0 Å². The summed E-state index contributed by atoms with van der Waals surface area (Å²) in [6.45, 7) is 0.557. The lowest BCUT2D eigenvalue weighted by atomic mass is 10.2. The Labute approximate surface area is 87.3 Å². The third-order valence-electron chi connectivity index (χ3n) is 2.17. The molecule has 1 heterocycles. The molecule has 15 heavy (non-hydrogen) atoms. The van der Waals surface area contributed by atoms with Gasteiger partial charge >= 0.3 is 0 Å². The van der Waals surface area contributed by atoms with Gasteiger partial charge in [0.1, 0.15) is 5.82 Å². The molecule has 2 aromatic rings. The van der Waals surface area contributed by atoms with E-state index < -0.39 is 0 Å². The van der Waals surface area contributed by atoms with Gasteiger partial charge in [0.15, 0.2) is 0 Å². The molecule has 4 heteroatoms. The third kappa shape index (κ3) is 2.05. The van der Waals surface area contributed by atoms with Crippen molar-refractivity contribution in [3.63, 3.8) is 0 Å². The highest BCUT2D eigenvalue weighted by Crippen LogP contribution is 2.11. The molecule has 0 aliphatic heterocycles. The Morgan fingerprint density at radius 1 is 1.33 bits per heavy atom. The normalized spacial score (nSPS) is 10.5. The lowest BCUT2D eigenvalue weighted by molar-refractivity contribution is 0.624. The summed E-state index contributed by atoms with van der Waals surface area (Å²) < 4.78 is 14.7. The molecular formula is C11H12FN3. The van der Waals surface area contributed by atoms with Crippen LogP contribution in [0, 0.1) is 5.82 Å². The van der Waals surface area contributed by atoms with E-state index >= 15 is 0 Å². The highest BCUT2D eigenvalue weighted by Gasteiger charge is 2.04. The first-order valence-corrected chi connectivity index (χ1v) is 4.80. The first-order chi connectivity index (χ1) is 7.31. The van der Waals surface area contributed by atoms with Gasteiger partial charge in [-0.25, -0.2) is 9.07 Å². The summed E-state index contributed by atoms with van der Waals surface area (Å²) in [4.78, 5) is 0. The summed E-state index contributed by atoms with van der Waals surface area (Å²) in [5, 5.41) is 4.14. The number of hydrogen-bond donors (Lipinski definition) is 1. The lowest BCUT2D eigenvalue weighted by Gasteiger charge is -2.06. The minimum atomic E-state index is -0.262. The number of nitrogens with zero attached hydrogens (tertiary/aromatic N) is 2. The van der Waals surface area contributed by atoms with Crippen LogP contribution in [0.3, 0.4) is 0 Å². The first-order valence-electron chi connectivity index (χ1n) is 4.80. The molecule has 0 atom stereocenters. The Bertz CT molecular complexity index is 451. The van der Waals surface area contributed by atoms with E-state index in [2.05, 4.69) is 5.10 Å². The van der Waals surface area contributed by atoms with Crippen molar-refractivity contribution in [1.82, 2.24) is 9.78 Å². The fourth-order valence-corrected chi connectivity index (χ4v) is 1.51. The molecule has 0 bridgehead atoms. The molecule has 0 aliphatic rings. The first kappa shape index (κ1) is 9.86. The van der Waals surface area contributed by atoms with Crippen molar-refractivity contribution in [2.75, 3.05) is 6.54 Å². The largest absolute Gasteiger partial charge is 0.330 e. The van der Waals surface area contributed by atoms with Crippen molar-refractivity contribution in [2.24, 2.45) is 5.73 Å². The summed E-state index contributed by atoms with van der Waals surface area (Å²) >= 11 is 0. The molecule has 0 aliphatic carbocycles. The van der Waals surface area contributed by atoms with Gasteiger partial charge in [-0.2, -0.15) is 5.10 Å². The Balaban J connectivity index is 2.40. The maximum Gasteiger partial charge on any atom is 0.125 e. The minimum Gasteiger partial charge on any atom is -0.330 e. The van der Waals surface area contributed by atoms with Gasteiger partial charge in [0.05, 0.1) is 5.69 Å². The number of nitrogens with two attached hydrogens (primary N) is 1. The molecule has 0 radical (unpaired) electrons. The zero-order valence-electron chi connectivity index (χ0n) is 8.23. The molecule has 2 rings (SSSR count). The van der Waals surface area contributed by atoms with Gasteiger partial charge in [-0.05, 0) is 30.8 Å². The van der Waals surface area contributed by atoms with Crippen molar-refractivity contribution >= 4 is 0 Å². The second-order valence-electron chi connectivity index (χ2n) is 3.25. The van der Waals surface area contributed by atoms with Crippen LogP contribution in [0.25, 0.3) is 5.69 Å². The summed E-state index contributed by atoms with van der Waals surface area (Å²) in [6, 6.07) is 8.23. The third-order valence-corrected chi connectivity index (χ3v) is 2.17. The Kier molecular flexibility index (Phi) is 2.78. The smallest absolute Gasteiger partial charge is 0.125 e. The van der Waals surface area contributed by atoms with Crippen molar-refractivity contribution in [2.45, 2.75) is 6.42 Å². The maximum absolute atomic E-state index is 13.0. The fraction of sp³-hybridized carbons (Fsp3) is 0.182. The number of halogens is 1. The van der Waals surface area contributed by atoms with Crippen molar-refractivity contribution in [3.05, 3.63) is 48.0 Å². The molecule has 78 valence electrons. The van der Waals surface area contributed by atoms with Crippen molar-refractivity contribution in [3.8, 4) is 5.69 Å². The average Bonchev–Trinajstić information content (AvgIpc) is 2.66. The van der Waals surface area contributed by atoms with Gasteiger partial charge in [0.25, 0.3) is 0 Å². The fourth-order valence-electron chi connectivity index (χ4n) is 1.51. The van der Waals surface area contributed by atoms with Crippen molar-refractivity contribution < 1.29 is 4.39 Å². The van der Waals surface area contributed by atoms with Crippen LogP contribution in [-0.2, 0) is 6.42 Å². The van der Waals surface area contributed by atoms with Crippen LogP contribution >= 0.6 is 0 Å². The molecule has 0 amide bonds. The van der Waals surface area contributed by atoms with Crippen LogP contribution < -0.4 is 5.73 Å². The van der Waals surface area contributed by atoms with Crippen molar-refractivity contribution in [1.29, 1.82) is 0 Å². The van der Waals surface area contributed by atoms with Crippen LogP contribution in [0.5, 0.6) is 0 Å². The Hall–Kier alpha value is -1.68. The number of hydrogen-bond acceptors (Lipinski definition) is 2. The second-order valence-corrected chi connectivity index (χ2v) is 3.25. The van der Waals surface area contributed by atoms with Gasteiger partial charge in [0.2, 0.25) is 0 Å². The predicted molar refractivity (Wildman–Crippen MR) is 56.3 cm³/mol. The summed E-state index contributed by atoms with van der Waals surface area (Å²) in [5.41, 5.74) is 7.20. The van der Waals surface area contributed by atoms with Gasteiger partial charge in [-0.1, -0.05) is 6.07 Å². The maximum atomic E-state index is 13.0. The molecule has 0 unspecified atom stereocenters. The average molecular weight is 205 g/mol.